The molecule has 4 rings (SSSR count). The van der Waals surface area contributed by atoms with Crippen molar-refractivity contribution in [1.82, 2.24) is 4.98 Å². The lowest BCUT2D eigenvalue weighted by molar-refractivity contribution is 0.102. The molecule has 156 valence electrons. The van der Waals surface area contributed by atoms with E-state index in [1.54, 1.807) is 23.9 Å². The van der Waals surface area contributed by atoms with Gasteiger partial charge in [0.25, 0.3) is 5.91 Å². The van der Waals surface area contributed by atoms with Crippen molar-refractivity contribution in [3.63, 3.8) is 0 Å². The normalized spacial score (nSPS) is 10.8. The van der Waals surface area contributed by atoms with E-state index in [2.05, 4.69) is 28.5 Å². The summed E-state index contributed by atoms with van der Waals surface area (Å²) in [5.74, 6) is 1.99. The monoisotopic (exact) mass is 428 g/mol. The van der Waals surface area contributed by atoms with E-state index in [9.17, 15) is 4.79 Å². The lowest BCUT2D eigenvalue weighted by Gasteiger charge is -2.08. The van der Waals surface area contributed by atoms with E-state index in [4.69, 9.17) is 4.42 Å². The number of aryl methyl sites for hydroxylation is 3. The quantitative estimate of drug-likeness (QED) is 0.343. The molecule has 1 aromatic heterocycles. The first-order valence-corrected chi connectivity index (χ1v) is 11.1. The van der Waals surface area contributed by atoms with Gasteiger partial charge in [-0.25, -0.2) is 4.98 Å². The van der Waals surface area contributed by atoms with Crippen LogP contribution in [0, 0.1) is 20.8 Å². The van der Waals surface area contributed by atoms with Gasteiger partial charge in [-0.05, 0) is 80.4 Å². The molecule has 4 aromatic rings. The molecular formula is C26H24N2O2S. The Kier molecular flexibility index (Phi) is 6.23. The Balaban J connectivity index is 1.44. The molecule has 1 N–H and O–H groups in total. The maximum absolute atomic E-state index is 12.6. The largest absolute Gasteiger partial charge is 0.441 e. The number of thioether (sulfide) groups is 1. The number of hydrogen-bond acceptors (Lipinski definition) is 4. The highest BCUT2D eigenvalue weighted by atomic mass is 32.2. The van der Waals surface area contributed by atoms with Gasteiger partial charge in [0.15, 0.2) is 0 Å². The highest BCUT2D eigenvalue weighted by molar-refractivity contribution is 7.98. The molecule has 0 aliphatic rings. The van der Waals surface area contributed by atoms with Gasteiger partial charge in [0, 0.05) is 27.5 Å². The Morgan fingerprint density at radius 1 is 0.935 bits per heavy atom. The summed E-state index contributed by atoms with van der Waals surface area (Å²) < 4.78 is 5.89. The third-order valence-electron chi connectivity index (χ3n) is 4.89. The second kappa shape index (κ2) is 9.23. The van der Waals surface area contributed by atoms with Crippen LogP contribution < -0.4 is 5.32 Å². The van der Waals surface area contributed by atoms with Crippen LogP contribution >= 0.6 is 11.8 Å². The van der Waals surface area contributed by atoms with Crippen molar-refractivity contribution in [3.05, 3.63) is 101 Å². The third-order valence-corrected chi connectivity index (χ3v) is 5.91. The molecular weight excluding hydrogens is 404 g/mol. The van der Waals surface area contributed by atoms with Gasteiger partial charge in [0.1, 0.15) is 5.76 Å². The Labute approximate surface area is 186 Å². The first kappa shape index (κ1) is 20.9. The molecule has 4 nitrogen and oxygen atoms in total. The predicted molar refractivity (Wildman–Crippen MR) is 127 cm³/mol. The molecule has 0 unspecified atom stereocenters. The van der Waals surface area contributed by atoms with Gasteiger partial charge in [-0.3, -0.25) is 4.79 Å². The van der Waals surface area contributed by atoms with Gasteiger partial charge in [0.2, 0.25) is 5.89 Å². The molecule has 1 amide bonds. The summed E-state index contributed by atoms with van der Waals surface area (Å²) in [6.07, 6.45) is 0. The Hall–Kier alpha value is -3.31. The van der Waals surface area contributed by atoms with Crippen LogP contribution in [-0.4, -0.2) is 10.9 Å². The van der Waals surface area contributed by atoms with Gasteiger partial charge in [-0.15, -0.1) is 11.8 Å². The summed E-state index contributed by atoms with van der Waals surface area (Å²) in [5, 5.41) is 2.96. The van der Waals surface area contributed by atoms with Crippen LogP contribution in [0.4, 0.5) is 5.69 Å². The topological polar surface area (TPSA) is 55.1 Å². The SMILES string of the molecule is Cc1cc(C)cc(NC(=O)c2ccc(-c3nc(CSc4ccccc4)c(C)o3)cc2)c1. The molecule has 5 heteroatoms. The van der Waals surface area contributed by atoms with Crippen molar-refractivity contribution in [3.8, 4) is 11.5 Å². The number of oxazole rings is 1. The average molecular weight is 429 g/mol. The smallest absolute Gasteiger partial charge is 0.255 e. The lowest BCUT2D eigenvalue weighted by Crippen LogP contribution is -2.12. The summed E-state index contributed by atoms with van der Waals surface area (Å²) in [6, 6.07) is 23.6. The highest BCUT2D eigenvalue weighted by Gasteiger charge is 2.13. The summed E-state index contributed by atoms with van der Waals surface area (Å²) >= 11 is 1.73. The minimum atomic E-state index is -0.139. The number of hydrogen-bond donors (Lipinski definition) is 1. The maximum Gasteiger partial charge on any atom is 0.255 e. The van der Waals surface area contributed by atoms with Crippen LogP contribution in [0.2, 0.25) is 0 Å². The number of nitrogens with one attached hydrogen (secondary N) is 1. The molecule has 31 heavy (non-hydrogen) atoms. The molecule has 0 aliphatic carbocycles. The zero-order valence-corrected chi connectivity index (χ0v) is 18.6. The van der Waals surface area contributed by atoms with Gasteiger partial charge in [0.05, 0.1) is 5.69 Å². The maximum atomic E-state index is 12.6. The van der Waals surface area contributed by atoms with Crippen molar-refractivity contribution in [1.29, 1.82) is 0 Å². The number of nitrogens with zero attached hydrogens (tertiary/aromatic N) is 1. The number of amides is 1. The Bertz CT molecular complexity index is 1180. The molecule has 0 saturated heterocycles. The molecule has 1 heterocycles. The molecule has 0 aliphatic heterocycles. The minimum absolute atomic E-state index is 0.139. The van der Waals surface area contributed by atoms with Crippen LogP contribution in [0.5, 0.6) is 0 Å². The van der Waals surface area contributed by atoms with E-state index in [1.807, 2.05) is 63.2 Å². The molecule has 0 atom stereocenters. The van der Waals surface area contributed by atoms with Crippen molar-refractivity contribution >= 4 is 23.4 Å². The first-order valence-electron chi connectivity index (χ1n) is 10.1. The fourth-order valence-electron chi connectivity index (χ4n) is 3.37. The Morgan fingerprint density at radius 3 is 2.29 bits per heavy atom. The molecule has 0 radical (unpaired) electrons. The zero-order chi connectivity index (χ0) is 21.8. The number of benzene rings is 3. The number of rotatable bonds is 6. The molecule has 0 spiro atoms. The van der Waals surface area contributed by atoms with E-state index in [-0.39, 0.29) is 5.91 Å². The van der Waals surface area contributed by atoms with Crippen molar-refractivity contribution < 1.29 is 9.21 Å². The van der Waals surface area contributed by atoms with Crippen molar-refractivity contribution in [2.24, 2.45) is 0 Å². The number of anilines is 1. The number of carbonyl (C=O) groups is 1. The zero-order valence-electron chi connectivity index (χ0n) is 17.8. The fraction of sp³-hybridized carbons (Fsp3) is 0.154. The summed E-state index contributed by atoms with van der Waals surface area (Å²) in [7, 11) is 0. The highest BCUT2D eigenvalue weighted by Crippen LogP contribution is 2.27. The van der Waals surface area contributed by atoms with Crippen LogP contribution in [0.3, 0.4) is 0 Å². The van der Waals surface area contributed by atoms with E-state index in [1.165, 1.54) is 4.90 Å². The average Bonchev–Trinajstić information content (AvgIpc) is 3.13. The van der Waals surface area contributed by atoms with Gasteiger partial charge < -0.3 is 9.73 Å². The fourth-order valence-corrected chi connectivity index (χ4v) is 4.29. The summed E-state index contributed by atoms with van der Waals surface area (Å²) in [6.45, 7) is 5.97. The summed E-state index contributed by atoms with van der Waals surface area (Å²) in [5.41, 5.74) is 5.40. The van der Waals surface area contributed by atoms with E-state index >= 15 is 0 Å². The third kappa shape index (κ3) is 5.25. The van der Waals surface area contributed by atoms with Crippen LogP contribution in [0.15, 0.2) is 82.1 Å². The first-order chi connectivity index (χ1) is 15.0. The predicted octanol–water partition coefficient (Wildman–Crippen LogP) is 6.81. The molecule has 0 bridgehead atoms. The van der Waals surface area contributed by atoms with E-state index in [0.29, 0.717) is 11.5 Å². The van der Waals surface area contributed by atoms with Gasteiger partial charge in [-0.2, -0.15) is 0 Å². The van der Waals surface area contributed by atoms with Crippen molar-refractivity contribution in [2.75, 3.05) is 5.32 Å². The number of carbonyl (C=O) groups excluding carboxylic acids is 1. The lowest BCUT2D eigenvalue weighted by atomic mass is 10.1. The molecule has 0 saturated carbocycles. The second-order valence-electron chi connectivity index (χ2n) is 7.53. The minimum Gasteiger partial charge on any atom is -0.441 e. The number of aromatic nitrogens is 1. The van der Waals surface area contributed by atoms with E-state index in [0.717, 1.165) is 39.6 Å². The summed E-state index contributed by atoms with van der Waals surface area (Å²) in [4.78, 5) is 18.5. The van der Waals surface area contributed by atoms with Gasteiger partial charge in [-0.1, -0.05) is 24.3 Å². The Morgan fingerprint density at radius 2 is 1.61 bits per heavy atom. The molecule has 3 aromatic carbocycles. The van der Waals surface area contributed by atoms with Crippen LogP contribution in [-0.2, 0) is 5.75 Å². The second-order valence-corrected chi connectivity index (χ2v) is 8.58. The van der Waals surface area contributed by atoms with Gasteiger partial charge >= 0.3 is 0 Å². The van der Waals surface area contributed by atoms with Crippen LogP contribution in [0.25, 0.3) is 11.5 Å². The van der Waals surface area contributed by atoms with Crippen molar-refractivity contribution in [2.45, 2.75) is 31.4 Å². The van der Waals surface area contributed by atoms with Crippen LogP contribution in [0.1, 0.15) is 32.9 Å². The molecule has 0 fully saturated rings. The standard InChI is InChI=1S/C26H24N2O2S/c1-17-13-18(2)15-22(14-17)27-25(29)20-9-11-21(12-10-20)26-28-24(19(3)30-26)16-31-23-7-5-4-6-8-23/h4-15H,16H2,1-3H3,(H,27,29). The van der Waals surface area contributed by atoms with E-state index < -0.39 is 0 Å².